The van der Waals surface area contributed by atoms with Crippen molar-refractivity contribution in [3.8, 4) is 23.0 Å². The van der Waals surface area contributed by atoms with E-state index in [0.717, 1.165) is 0 Å². The van der Waals surface area contributed by atoms with Crippen LogP contribution in [0.15, 0.2) is 36.4 Å². The number of carbonyl (C=O) groups excluding carboxylic acids is 2. The molecule has 0 bridgehead atoms. The zero-order valence-corrected chi connectivity index (χ0v) is 16.2. The van der Waals surface area contributed by atoms with E-state index in [-0.39, 0.29) is 17.3 Å². The summed E-state index contributed by atoms with van der Waals surface area (Å²) >= 11 is 6.15. The summed E-state index contributed by atoms with van der Waals surface area (Å²) < 4.78 is 20.6. The second-order valence-electron chi connectivity index (χ2n) is 5.46. The van der Waals surface area contributed by atoms with E-state index in [1.165, 1.54) is 45.6 Å². The van der Waals surface area contributed by atoms with Gasteiger partial charge in [0.25, 0.3) is 0 Å². The monoisotopic (exact) mass is 405 g/mol. The fourth-order valence-corrected chi connectivity index (χ4v) is 2.68. The molecule has 0 aliphatic heterocycles. The van der Waals surface area contributed by atoms with Gasteiger partial charge in [-0.1, -0.05) is 17.7 Å². The third-order valence-corrected chi connectivity index (χ3v) is 3.96. The van der Waals surface area contributed by atoms with Crippen molar-refractivity contribution in [2.24, 2.45) is 0 Å². The minimum Gasteiger partial charge on any atom is -0.546 e. The van der Waals surface area contributed by atoms with Gasteiger partial charge in [-0.3, -0.25) is 4.79 Å². The number of benzene rings is 2. The number of carboxylic acids is 1. The minimum absolute atomic E-state index is 0.193. The number of carboxylic acid groups (broad SMARTS) is 1. The quantitative estimate of drug-likeness (QED) is 0.467. The smallest absolute Gasteiger partial charge is 0.185 e. The molecule has 0 atom stereocenters. The highest BCUT2D eigenvalue weighted by Crippen LogP contribution is 2.36. The van der Waals surface area contributed by atoms with E-state index in [2.05, 4.69) is 0 Å². The molecule has 0 saturated heterocycles. The Morgan fingerprint density at radius 3 is 2.32 bits per heavy atom. The van der Waals surface area contributed by atoms with Crippen LogP contribution in [0.5, 0.6) is 23.0 Å². The molecule has 0 spiro atoms. The number of hydrogen-bond donors (Lipinski definition) is 0. The number of allylic oxidation sites excluding steroid dienone is 1. The molecule has 148 valence electrons. The Hall–Kier alpha value is -3.19. The SMILES string of the molecule is COc1cc(C(=O)/C=C/c2cc(Cl)c(OC)c(OC)c2)ccc1OCC(=O)[O-]. The molecule has 28 heavy (non-hydrogen) atoms. The number of ketones is 1. The Morgan fingerprint density at radius 1 is 1.00 bits per heavy atom. The second-order valence-corrected chi connectivity index (χ2v) is 5.87. The van der Waals surface area contributed by atoms with Crippen molar-refractivity contribution in [2.75, 3.05) is 27.9 Å². The van der Waals surface area contributed by atoms with Crippen molar-refractivity contribution in [3.63, 3.8) is 0 Å². The van der Waals surface area contributed by atoms with Crippen LogP contribution in [-0.4, -0.2) is 39.7 Å². The maximum absolute atomic E-state index is 12.4. The van der Waals surface area contributed by atoms with Crippen molar-refractivity contribution in [1.29, 1.82) is 0 Å². The predicted octanol–water partition coefficient (Wildman–Crippen LogP) is 2.39. The highest BCUT2D eigenvalue weighted by atomic mass is 35.5. The highest BCUT2D eigenvalue weighted by molar-refractivity contribution is 6.32. The number of hydrogen-bond acceptors (Lipinski definition) is 7. The highest BCUT2D eigenvalue weighted by Gasteiger charge is 2.12. The van der Waals surface area contributed by atoms with Crippen molar-refractivity contribution in [1.82, 2.24) is 0 Å². The standard InChI is InChI=1S/C20H19ClO7/c1-25-17-10-13(5-7-16(17)28-11-19(23)24)15(22)6-4-12-8-14(21)20(27-3)18(9-12)26-2/h4-10H,11H2,1-3H3,(H,23,24)/p-1/b6-4+. The van der Waals surface area contributed by atoms with Crippen LogP contribution in [0.4, 0.5) is 0 Å². The summed E-state index contributed by atoms with van der Waals surface area (Å²) in [6.07, 6.45) is 2.96. The van der Waals surface area contributed by atoms with Crippen LogP contribution in [0.25, 0.3) is 6.08 Å². The zero-order chi connectivity index (χ0) is 20.7. The van der Waals surface area contributed by atoms with Crippen molar-refractivity contribution >= 4 is 29.4 Å². The average Bonchev–Trinajstić information content (AvgIpc) is 2.69. The Labute approximate surface area is 167 Å². The third-order valence-electron chi connectivity index (χ3n) is 3.68. The number of aliphatic carboxylic acids is 1. The van der Waals surface area contributed by atoms with Gasteiger partial charge in [0, 0.05) is 5.56 Å². The summed E-state index contributed by atoms with van der Waals surface area (Å²) in [5.41, 5.74) is 0.984. The molecule has 0 radical (unpaired) electrons. The van der Waals surface area contributed by atoms with Crippen LogP contribution >= 0.6 is 11.6 Å². The lowest BCUT2D eigenvalue weighted by atomic mass is 10.1. The number of ether oxygens (including phenoxy) is 4. The normalized spacial score (nSPS) is 10.6. The van der Waals surface area contributed by atoms with Gasteiger partial charge in [0.05, 0.1) is 32.3 Å². The first-order valence-corrected chi connectivity index (χ1v) is 8.42. The topological polar surface area (TPSA) is 94.1 Å². The van der Waals surface area contributed by atoms with Gasteiger partial charge in [-0.2, -0.15) is 0 Å². The average molecular weight is 406 g/mol. The van der Waals surface area contributed by atoms with E-state index in [1.54, 1.807) is 18.2 Å². The lowest BCUT2D eigenvalue weighted by molar-refractivity contribution is -0.307. The van der Waals surface area contributed by atoms with E-state index in [9.17, 15) is 14.7 Å². The van der Waals surface area contributed by atoms with Crippen molar-refractivity contribution < 1.29 is 33.6 Å². The van der Waals surface area contributed by atoms with Crippen LogP contribution in [0.2, 0.25) is 5.02 Å². The molecule has 0 aromatic heterocycles. The molecule has 7 nitrogen and oxygen atoms in total. The summed E-state index contributed by atoms with van der Waals surface area (Å²) in [4.78, 5) is 23.0. The molecule has 0 heterocycles. The molecule has 0 aliphatic rings. The van der Waals surface area contributed by atoms with Crippen LogP contribution in [0.1, 0.15) is 15.9 Å². The molecule has 0 aliphatic carbocycles. The number of methoxy groups -OCH3 is 3. The van der Waals surface area contributed by atoms with Gasteiger partial charge in [-0.25, -0.2) is 0 Å². The summed E-state index contributed by atoms with van der Waals surface area (Å²) in [7, 11) is 4.36. The number of rotatable bonds is 9. The molecule has 2 aromatic carbocycles. The lowest BCUT2D eigenvalue weighted by Crippen LogP contribution is -2.29. The fraction of sp³-hybridized carbons (Fsp3) is 0.200. The molecule has 0 amide bonds. The molecule has 0 N–H and O–H groups in total. The van der Waals surface area contributed by atoms with Crippen molar-refractivity contribution in [2.45, 2.75) is 0 Å². The Morgan fingerprint density at radius 2 is 1.71 bits per heavy atom. The maximum Gasteiger partial charge on any atom is 0.185 e. The van der Waals surface area contributed by atoms with Crippen LogP contribution in [0.3, 0.4) is 0 Å². The molecule has 8 heteroatoms. The first-order valence-electron chi connectivity index (χ1n) is 8.04. The van der Waals surface area contributed by atoms with Gasteiger partial charge in [-0.15, -0.1) is 0 Å². The first-order chi connectivity index (χ1) is 13.4. The van der Waals surface area contributed by atoms with E-state index >= 15 is 0 Å². The third kappa shape index (κ3) is 5.17. The molecule has 0 saturated carbocycles. The van der Waals surface area contributed by atoms with Crippen molar-refractivity contribution in [3.05, 3.63) is 52.6 Å². The molecule has 0 unspecified atom stereocenters. The second kappa shape index (κ2) is 9.66. The van der Waals surface area contributed by atoms with Crippen LogP contribution in [-0.2, 0) is 4.79 Å². The van der Waals surface area contributed by atoms with Gasteiger partial charge in [0.2, 0.25) is 0 Å². The number of carbonyl (C=O) groups is 2. The lowest BCUT2D eigenvalue weighted by Gasteiger charge is -2.12. The molecular weight excluding hydrogens is 388 g/mol. The summed E-state index contributed by atoms with van der Waals surface area (Å²) in [6.45, 7) is -0.621. The Balaban J connectivity index is 2.22. The minimum atomic E-state index is -1.36. The predicted molar refractivity (Wildman–Crippen MR) is 101 cm³/mol. The van der Waals surface area contributed by atoms with E-state index in [1.807, 2.05) is 0 Å². The van der Waals surface area contributed by atoms with Crippen LogP contribution in [0, 0.1) is 0 Å². The van der Waals surface area contributed by atoms with Gasteiger partial charge in [-0.05, 0) is 42.0 Å². The van der Waals surface area contributed by atoms with E-state index in [0.29, 0.717) is 27.6 Å². The van der Waals surface area contributed by atoms with E-state index < -0.39 is 12.6 Å². The molecular formula is C20H18ClO7-. The zero-order valence-electron chi connectivity index (χ0n) is 15.5. The molecule has 2 aromatic rings. The van der Waals surface area contributed by atoms with Gasteiger partial charge in [0.15, 0.2) is 28.8 Å². The first kappa shape index (κ1) is 21.1. The summed E-state index contributed by atoms with van der Waals surface area (Å²) in [6, 6.07) is 7.74. The largest absolute Gasteiger partial charge is 0.546 e. The van der Waals surface area contributed by atoms with E-state index in [4.69, 9.17) is 30.5 Å². The Kier molecular flexibility index (Phi) is 7.28. The maximum atomic E-state index is 12.4. The van der Waals surface area contributed by atoms with Crippen LogP contribution < -0.4 is 24.1 Å². The van der Waals surface area contributed by atoms with Gasteiger partial charge in [0.1, 0.15) is 6.61 Å². The summed E-state index contributed by atoms with van der Waals surface area (Å²) in [5.74, 6) is -0.384. The summed E-state index contributed by atoms with van der Waals surface area (Å²) in [5, 5.41) is 10.9. The van der Waals surface area contributed by atoms with Gasteiger partial charge < -0.3 is 28.8 Å². The number of halogens is 1. The Bertz CT molecular complexity index is 906. The molecule has 2 rings (SSSR count). The fourth-order valence-electron chi connectivity index (χ4n) is 2.38. The molecule has 0 fully saturated rings. The van der Waals surface area contributed by atoms with Gasteiger partial charge >= 0.3 is 0 Å².